The normalized spacial score (nSPS) is 12.9. The molecule has 0 saturated heterocycles. The van der Waals surface area contributed by atoms with Crippen LogP contribution in [0.4, 0.5) is 26.3 Å². The van der Waals surface area contributed by atoms with Gasteiger partial charge in [0.25, 0.3) is 0 Å². The number of esters is 1. The third-order valence-corrected chi connectivity index (χ3v) is 5.61. The first-order chi connectivity index (χ1) is 18.7. The molecule has 40 heavy (non-hydrogen) atoms. The number of rotatable bonds is 7. The van der Waals surface area contributed by atoms with Crippen molar-refractivity contribution in [1.82, 2.24) is 34.1 Å². The summed E-state index contributed by atoms with van der Waals surface area (Å²) in [5.41, 5.74) is -2.24. The number of alkyl halides is 6. The number of benzene rings is 1. The maximum absolute atomic E-state index is 13.6. The minimum Gasteiger partial charge on any atom is -0.463 e. The van der Waals surface area contributed by atoms with Crippen LogP contribution in [0.5, 0.6) is 0 Å². The van der Waals surface area contributed by atoms with Crippen molar-refractivity contribution in [3.05, 3.63) is 75.3 Å². The van der Waals surface area contributed by atoms with Crippen molar-refractivity contribution < 1.29 is 41.0 Å². The fraction of sp³-hybridized carbons (Fsp3) is 0.273. The van der Waals surface area contributed by atoms with Crippen LogP contribution < -0.4 is 5.69 Å². The molecule has 4 rings (SSSR count). The number of pyridine rings is 1. The first-order valence-electron chi connectivity index (χ1n) is 11.0. The number of nitrogens with zero attached hydrogens (tertiary/aromatic N) is 7. The Bertz CT molecular complexity index is 1590. The maximum atomic E-state index is 13.6. The lowest BCUT2D eigenvalue weighted by Crippen LogP contribution is -2.37. The van der Waals surface area contributed by atoms with Crippen molar-refractivity contribution in [3.63, 3.8) is 0 Å². The number of methoxy groups -OCH3 is 1. The number of carbonyl (C=O) groups excluding carboxylic acids is 1. The number of ether oxygens (including phenoxy) is 1. The van der Waals surface area contributed by atoms with Gasteiger partial charge in [0, 0.05) is 16.8 Å². The Morgan fingerprint density at radius 3 is 2.38 bits per heavy atom. The van der Waals surface area contributed by atoms with Crippen LogP contribution in [0.2, 0.25) is 5.02 Å². The number of hydrogen-bond acceptors (Lipinski definition) is 8. The molecule has 0 bridgehead atoms. The average Bonchev–Trinajstić information content (AvgIpc) is 3.44. The van der Waals surface area contributed by atoms with Gasteiger partial charge in [0.05, 0.1) is 13.7 Å². The first-order valence-corrected chi connectivity index (χ1v) is 11.3. The molecule has 4 aromatic rings. The highest BCUT2D eigenvalue weighted by atomic mass is 35.5. The lowest BCUT2D eigenvalue weighted by Gasteiger charge is -2.15. The van der Waals surface area contributed by atoms with E-state index in [4.69, 9.17) is 11.6 Å². The molecule has 0 unspecified atom stereocenters. The topological polar surface area (TPSA) is 130 Å². The molecule has 3 aromatic heterocycles. The van der Waals surface area contributed by atoms with E-state index < -0.39 is 66.2 Å². The third-order valence-electron chi connectivity index (χ3n) is 5.36. The summed E-state index contributed by atoms with van der Waals surface area (Å²) in [5.74, 6) is -3.45. The van der Waals surface area contributed by atoms with Crippen LogP contribution >= 0.6 is 11.6 Å². The van der Waals surface area contributed by atoms with Gasteiger partial charge in [-0.15, -0.1) is 10.2 Å². The molecule has 1 N–H and O–H groups in total. The summed E-state index contributed by atoms with van der Waals surface area (Å²) < 4.78 is 86.2. The zero-order chi connectivity index (χ0) is 29.4. The highest BCUT2D eigenvalue weighted by molar-refractivity contribution is 6.30. The van der Waals surface area contributed by atoms with Crippen LogP contribution in [0.3, 0.4) is 0 Å². The third kappa shape index (κ3) is 5.84. The Morgan fingerprint density at radius 2 is 1.77 bits per heavy atom. The Balaban J connectivity index is 1.82. The van der Waals surface area contributed by atoms with Gasteiger partial charge in [0.15, 0.2) is 23.6 Å². The SMILES string of the molecule is COC(=O)c1nc(Cn2nc(-c3ccc(Cl)cc3)n(C[C@H](O)C(F)(F)F)c2=O)nn1-c1ncccc1C(F)(F)F. The quantitative estimate of drug-likeness (QED) is 0.256. The molecule has 11 nitrogen and oxygen atoms in total. The molecule has 0 amide bonds. The standard InChI is InChI=1S/C22H16ClF6N7O4/c1-40-19(38)18-31-15(32-36(18)17-13(21(24,25)26)3-2-8-30-17)10-35-20(39)34(9-14(37)22(27,28)29)16(33-35)11-4-6-12(23)7-5-11/h2-8,14,37H,9-10H2,1H3/t14-/m0/s1. The first kappa shape index (κ1) is 28.8. The van der Waals surface area contributed by atoms with E-state index >= 15 is 0 Å². The van der Waals surface area contributed by atoms with E-state index in [1.807, 2.05) is 0 Å². The predicted octanol–water partition coefficient (Wildman–Crippen LogP) is 3.12. The highest BCUT2D eigenvalue weighted by Crippen LogP contribution is 2.33. The van der Waals surface area contributed by atoms with Gasteiger partial charge in [-0.25, -0.2) is 24.2 Å². The molecular weight excluding hydrogens is 576 g/mol. The number of hydrogen-bond donors (Lipinski definition) is 1. The van der Waals surface area contributed by atoms with Gasteiger partial charge < -0.3 is 9.84 Å². The van der Waals surface area contributed by atoms with Gasteiger partial charge >= 0.3 is 24.0 Å². The molecule has 0 radical (unpaired) electrons. The Morgan fingerprint density at radius 1 is 1.10 bits per heavy atom. The lowest BCUT2D eigenvalue weighted by molar-refractivity contribution is -0.207. The smallest absolute Gasteiger partial charge is 0.420 e. The zero-order valence-corrected chi connectivity index (χ0v) is 20.7. The van der Waals surface area contributed by atoms with Crippen molar-refractivity contribution in [1.29, 1.82) is 0 Å². The molecule has 0 spiro atoms. The number of aromatic nitrogens is 7. The van der Waals surface area contributed by atoms with Crippen LogP contribution in [-0.4, -0.2) is 64.6 Å². The molecule has 3 heterocycles. The van der Waals surface area contributed by atoms with Crippen molar-refractivity contribution in [3.8, 4) is 17.2 Å². The Kier molecular flexibility index (Phi) is 7.71. The van der Waals surface area contributed by atoms with Crippen molar-refractivity contribution in [2.45, 2.75) is 31.5 Å². The Labute approximate surface area is 224 Å². The summed E-state index contributed by atoms with van der Waals surface area (Å²) in [7, 11) is 0.945. The summed E-state index contributed by atoms with van der Waals surface area (Å²) in [6.07, 6.45) is -11.9. The van der Waals surface area contributed by atoms with E-state index in [1.54, 1.807) is 0 Å². The maximum Gasteiger partial charge on any atom is 0.420 e. The summed E-state index contributed by atoms with van der Waals surface area (Å²) in [6.45, 7) is -1.92. The number of halogens is 7. The minimum atomic E-state index is -5.06. The summed E-state index contributed by atoms with van der Waals surface area (Å²) >= 11 is 5.86. The van der Waals surface area contributed by atoms with Gasteiger partial charge in [0.1, 0.15) is 12.1 Å². The monoisotopic (exact) mass is 591 g/mol. The van der Waals surface area contributed by atoms with Crippen molar-refractivity contribution in [2.75, 3.05) is 7.11 Å². The molecule has 1 aromatic carbocycles. The predicted molar refractivity (Wildman–Crippen MR) is 124 cm³/mol. The molecule has 0 saturated carbocycles. The number of aliphatic hydroxyl groups is 1. The van der Waals surface area contributed by atoms with Gasteiger partial charge in [-0.1, -0.05) is 11.6 Å². The summed E-state index contributed by atoms with van der Waals surface area (Å²) in [4.78, 5) is 32.9. The minimum absolute atomic E-state index is 0.159. The van der Waals surface area contributed by atoms with E-state index in [0.717, 1.165) is 19.4 Å². The molecule has 18 heteroatoms. The van der Waals surface area contributed by atoms with E-state index in [9.17, 15) is 41.0 Å². The van der Waals surface area contributed by atoms with Crippen LogP contribution in [0.1, 0.15) is 22.0 Å². The molecule has 0 aliphatic rings. The largest absolute Gasteiger partial charge is 0.463 e. The average molecular weight is 592 g/mol. The highest BCUT2D eigenvalue weighted by Gasteiger charge is 2.40. The molecule has 0 fully saturated rings. The Hall–Kier alpha value is -4.25. The van der Waals surface area contributed by atoms with E-state index in [0.29, 0.717) is 20.0 Å². The fourth-order valence-corrected chi connectivity index (χ4v) is 3.64. The summed E-state index contributed by atoms with van der Waals surface area (Å²) in [5, 5.41) is 17.8. The van der Waals surface area contributed by atoms with Gasteiger partial charge in [-0.05, 0) is 36.4 Å². The van der Waals surface area contributed by atoms with Gasteiger partial charge in [-0.2, -0.15) is 31.0 Å². The lowest BCUT2D eigenvalue weighted by atomic mass is 10.2. The number of aliphatic hydroxyl groups excluding tert-OH is 1. The second-order valence-corrected chi connectivity index (χ2v) is 8.50. The van der Waals surface area contributed by atoms with Crippen LogP contribution in [-0.2, 0) is 24.0 Å². The van der Waals surface area contributed by atoms with Crippen LogP contribution in [0, 0.1) is 0 Å². The van der Waals surface area contributed by atoms with E-state index in [-0.39, 0.29) is 16.4 Å². The van der Waals surface area contributed by atoms with Gasteiger partial charge in [-0.3, -0.25) is 4.57 Å². The van der Waals surface area contributed by atoms with E-state index in [2.05, 4.69) is 24.9 Å². The fourth-order valence-electron chi connectivity index (χ4n) is 3.51. The van der Waals surface area contributed by atoms with Gasteiger partial charge in [0.2, 0.25) is 5.82 Å². The zero-order valence-electron chi connectivity index (χ0n) is 20.0. The second-order valence-electron chi connectivity index (χ2n) is 8.07. The second kappa shape index (κ2) is 10.7. The van der Waals surface area contributed by atoms with E-state index in [1.165, 1.54) is 24.3 Å². The van der Waals surface area contributed by atoms with Crippen LogP contribution in [0.25, 0.3) is 17.2 Å². The number of carbonyl (C=O) groups is 1. The molecule has 212 valence electrons. The molecule has 0 aliphatic heterocycles. The van der Waals surface area contributed by atoms with Crippen LogP contribution in [0.15, 0.2) is 47.4 Å². The molecule has 1 atom stereocenters. The molecular formula is C22H16ClF6N7O4. The summed E-state index contributed by atoms with van der Waals surface area (Å²) in [6, 6.07) is 7.23. The van der Waals surface area contributed by atoms with Crippen molar-refractivity contribution >= 4 is 17.6 Å². The van der Waals surface area contributed by atoms with Crippen molar-refractivity contribution in [2.24, 2.45) is 0 Å². The molecule has 0 aliphatic carbocycles.